The summed E-state index contributed by atoms with van der Waals surface area (Å²) in [5, 5.41) is 12.4. The van der Waals surface area contributed by atoms with Gasteiger partial charge in [0.05, 0.1) is 10.8 Å². The first-order valence-corrected chi connectivity index (χ1v) is 10.5. The van der Waals surface area contributed by atoms with Gasteiger partial charge in [0.1, 0.15) is 0 Å². The zero-order valence-electron chi connectivity index (χ0n) is 15.1. The van der Waals surface area contributed by atoms with E-state index in [0.29, 0.717) is 12.0 Å². The molecule has 0 fully saturated rings. The number of hydrogen-bond acceptors (Lipinski definition) is 4. The molecule has 0 bridgehead atoms. The SMILES string of the molecule is CC(NC(=O)C1CCc2ccccc21)(C(=O)O)c1ccc(S(C)(=O)=O)cc1. The first kappa shape index (κ1) is 19.1. The predicted octanol–water partition coefficient (Wildman–Crippen LogP) is 2.24. The van der Waals surface area contributed by atoms with E-state index in [1.807, 2.05) is 24.3 Å². The molecule has 1 amide bonds. The summed E-state index contributed by atoms with van der Waals surface area (Å²) in [7, 11) is -3.39. The van der Waals surface area contributed by atoms with Crippen molar-refractivity contribution < 1.29 is 23.1 Å². The number of amides is 1. The van der Waals surface area contributed by atoms with Crippen molar-refractivity contribution in [2.45, 2.75) is 36.1 Å². The van der Waals surface area contributed by atoms with Crippen molar-refractivity contribution in [2.75, 3.05) is 6.26 Å². The average Bonchev–Trinajstić information content (AvgIpc) is 3.05. The molecule has 27 heavy (non-hydrogen) atoms. The summed E-state index contributed by atoms with van der Waals surface area (Å²) in [6.45, 7) is 1.41. The van der Waals surface area contributed by atoms with Crippen molar-refractivity contribution in [1.29, 1.82) is 0 Å². The maximum absolute atomic E-state index is 12.9. The van der Waals surface area contributed by atoms with Crippen LogP contribution in [0.4, 0.5) is 0 Å². The maximum Gasteiger partial charge on any atom is 0.333 e. The molecule has 1 aliphatic carbocycles. The second-order valence-electron chi connectivity index (χ2n) is 7.01. The average molecular weight is 387 g/mol. The largest absolute Gasteiger partial charge is 0.479 e. The fourth-order valence-electron chi connectivity index (χ4n) is 3.45. The van der Waals surface area contributed by atoms with Crippen LogP contribution in [0.15, 0.2) is 53.4 Å². The van der Waals surface area contributed by atoms with Crippen LogP contribution in [0.1, 0.15) is 36.0 Å². The van der Waals surface area contributed by atoms with Crippen LogP contribution in [-0.4, -0.2) is 31.7 Å². The first-order chi connectivity index (χ1) is 12.6. The van der Waals surface area contributed by atoms with Gasteiger partial charge in [-0.1, -0.05) is 36.4 Å². The fraction of sp³-hybridized carbons (Fsp3) is 0.300. The van der Waals surface area contributed by atoms with Gasteiger partial charge in [0, 0.05) is 6.26 Å². The quantitative estimate of drug-likeness (QED) is 0.819. The third kappa shape index (κ3) is 3.60. The zero-order valence-corrected chi connectivity index (χ0v) is 15.9. The standard InChI is InChI=1S/C20H21NO5S/c1-20(19(23)24,14-8-10-15(11-9-14)27(2,25)26)21-18(22)17-12-7-13-5-3-4-6-16(13)17/h3-6,8-11,17H,7,12H2,1-2H3,(H,21,22)(H,23,24). The number of sulfone groups is 1. The predicted molar refractivity (Wildman–Crippen MR) is 100 cm³/mol. The molecule has 2 atom stereocenters. The Morgan fingerprint density at radius 1 is 1.11 bits per heavy atom. The fourth-order valence-corrected chi connectivity index (χ4v) is 4.08. The minimum Gasteiger partial charge on any atom is -0.479 e. The Morgan fingerprint density at radius 2 is 1.74 bits per heavy atom. The van der Waals surface area contributed by atoms with Crippen molar-refractivity contribution in [3.8, 4) is 0 Å². The Hall–Kier alpha value is -2.67. The van der Waals surface area contributed by atoms with Gasteiger partial charge in [-0.25, -0.2) is 13.2 Å². The van der Waals surface area contributed by atoms with Crippen molar-refractivity contribution in [3.05, 3.63) is 65.2 Å². The molecule has 1 aliphatic rings. The number of carboxylic acids is 1. The second-order valence-corrected chi connectivity index (χ2v) is 9.02. The Labute approximate surface area is 158 Å². The summed E-state index contributed by atoms with van der Waals surface area (Å²) in [6, 6.07) is 13.2. The molecule has 0 spiro atoms. The molecule has 0 aromatic heterocycles. The van der Waals surface area contributed by atoms with E-state index in [0.717, 1.165) is 23.8 Å². The smallest absolute Gasteiger partial charge is 0.333 e. The third-order valence-corrected chi connectivity index (χ3v) is 6.24. The summed E-state index contributed by atoms with van der Waals surface area (Å²) < 4.78 is 23.2. The van der Waals surface area contributed by atoms with E-state index in [2.05, 4.69) is 5.32 Å². The molecule has 2 N–H and O–H groups in total. The van der Waals surface area contributed by atoms with Crippen LogP contribution in [0, 0.1) is 0 Å². The third-order valence-electron chi connectivity index (χ3n) is 5.11. The molecule has 6 nitrogen and oxygen atoms in total. The molecule has 0 radical (unpaired) electrons. The van der Waals surface area contributed by atoms with E-state index in [-0.39, 0.29) is 10.8 Å². The Bertz CT molecular complexity index is 997. The lowest BCUT2D eigenvalue weighted by Gasteiger charge is -2.28. The van der Waals surface area contributed by atoms with Gasteiger partial charge in [-0.05, 0) is 48.6 Å². The Balaban J connectivity index is 1.89. The lowest BCUT2D eigenvalue weighted by molar-refractivity contribution is -0.147. The molecular formula is C20H21NO5S. The summed E-state index contributed by atoms with van der Waals surface area (Å²) in [5.41, 5.74) is 0.675. The highest BCUT2D eigenvalue weighted by Gasteiger charge is 2.40. The van der Waals surface area contributed by atoms with Gasteiger partial charge in [0.25, 0.3) is 0 Å². The highest BCUT2D eigenvalue weighted by atomic mass is 32.2. The molecule has 0 aliphatic heterocycles. The van der Waals surface area contributed by atoms with Gasteiger partial charge in [0.2, 0.25) is 5.91 Å². The van der Waals surface area contributed by atoms with E-state index in [9.17, 15) is 23.1 Å². The number of carbonyl (C=O) groups excluding carboxylic acids is 1. The number of aliphatic carboxylic acids is 1. The van der Waals surface area contributed by atoms with Gasteiger partial charge in [-0.15, -0.1) is 0 Å². The van der Waals surface area contributed by atoms with Gasteiger partial charge < -0.3 is 10.4 Å². The van der Waals surface area contributed by atoms with Crippen LogP contribution in [0.25, 0.3) is 0 Å². The molecule has 142 valence electrons. The Kier molecular flexibility index (Phi) is 4.82. The molecule has 2 aromatic carbocycles. The van der Waals surface area contributed by atoms with Crippen molar-refractivity contribution in [2.24, 2.45) is 0 Å². The van der Waals surface area contributed by atoms with Crippen molar-refractivity contribution in [3.63, 3.8) is 0 Å². The zero-order chi connectivity index (χ0) is 19.8. The number of rotatable bonds is 5. The maximum atomic E-state index is 12.9. The van der Waals surface area contributed by atoms with Gasteiger partial charge in [-0.2, -0.15) is 0 Å². The van der Waals surface area contributed by atoms with Gasteiger partial charge in [-0.3, -0.25) is 4.79 Å². The van der Waals surface area contributed by atoms with Crippen molar-refractivity contribution in [1.82, 2.24) is 5.32 Å². The number of nitrogens with one attached hydrogen (secondary N) is 1. The lowest BCUT2D eigenvalue weighted by atomic mass is 9.90. The number of benzene rings is 2. The molecular weight excluding hydrogens is 366 g/mol. The first-order valence-electron chi connectivity index (χ1n) is 8.57. The minimum absolute atomic E-state index is 0.0926. The number of hydrogen-bond donors (Lipinski definition) is 2. The summed E-state index contributed by atoms with van der Waals surface area (Å²) >= 11 is 0. The number of aryl methyl sites for hydroxylation is 1. The summed E-state index contributed by atoms with van der Waals surface area (Å²) in [4.78, 5) is 24.9. The number of carboxylic acid groups (broad SMARTS) is 1. The molecule has 2 aromatic rings. The van der Waals surface area contributed by atoms with Gasteiger partial charge >= 0.3 is 5.97 Å². The van der Waals surface area contributed by atoms with Crippen LogP contribution >= 0.6 is 0 Å². The molecule has 3 rings (SSSR count). The summed E-state index contributed by atoms with van der Waals surface area (Å²) in [5.74, 6) is -1.96. The topological polar surface area (TPSA) is 101 Å². The van der Waals surface area contributed by atoms with E-state index in [1.54, 1.807) is 0 Å². The van der Waals surface area contributed by atoms with Crippen LogP contribution < -0.4 is 5.32 Å². The summed E-state index contributed by atoms with van der Waals surface area (Å²) in [6.07, 6.45) is 2.49. The van der Waals surface area contributed by atoms with Gasteiger partial charge in [0.15, 0.2) is 15.4 Å². The van der Waals surface area contributed by atoms with Crippen molar-refractivity contribution >= 4 is 21.7 Å². The lowest BCUT2D eigenvalue weighted by Crippen LogP contribution is -2.50. The molecule has 0 heterocycles. The number of fused-ring (bicyclic) bond motifs is 1. The highest BCUT2D eigenvalue weighted by Crippen LogP contribution is 2.34. The Morgan fingerprint density at radius 3 is 2.33 bits per heavy atom. The van der Waals surface area contributed by atoms with E-state index < -0.39 is 27.3 Å². The van der Waals surface area contributed by atoms with Crippen LogP contribution in [0.2, 0.25) is 0 Å². The minimum atomic E-state index is -3.39. The molecule has 0 saturated heterocycles. The molecule has 2 unspecified atom stereocenters. The second kappa shape index (κ2) is 6.81. The normalized spacial score (nSPS) is 18.4. The number of carbonyl (C=O) groups is 2. The van der Waals surface area contributed by atoms with Crippen LogP contribution in [0.3, 0.4) is 0 Å². The highest BCUT2D eigenvalue weighted by molar-refractivity contribution is 7.90. The van der Waals surface area contributed by atoms with E-state index >= 15 is 0 Å². The van der Waals surface area contributed by atoms with E-state index in [1.165, 1.54) is 31.2 Å². The monoisotopic (exact) mass is 387 g/mol. The molecule has 7 heteroatoms. The van der Waals surface area contributed by atoms with E-state index in [4.69, 9.17) is 0 Å². The van der Waals surface area contributed by atoms with Crippen LogP contribution in [0.5, 0.6) is 0 Å². The molecule has 0 saturated carbocycles. The van der Waals surface area contributed by atoms with Crippen LogP contribution in [-0.2, 0) is 31.4 Å².